The molecule has 1 fully saturated rings. The van der Waals surface area contributed by atoms with E-state index in [1.165, 1.54) is 6.42 Å². The number of rotatable bonds is 7. The first-order chi connectivity index (χ1) is 10.1. The van der Waals surface area contributed by atoms with Crippen LogP contribution in [0.3, 0.4) is 0 Å². The van der Waals surface area contributed by atoms with Gasteiger partial charge in [-0.1, -0.05) is 20.8 Å². The summed E-state index contributed by atoms with van der Waals surface area (Å²) >= 11 is 0. The van der Waals surface area contributed by atoms with E-state index in [2.05, 4.69) is 47.8 Å². The minimum atomic E-state index is 0.657. The monoisotopic (exact) mass is 294 g/mol. The second kappa shape index (κ2) is 7.80. The molecule has 0 bridgehead atoms. The molecule has 120 valence electrons. The summed E-state index contributed by atoms with van der Waals surface area (Å²) in [5.41, 5.74) is 0.995. The Labute approximate surface area is 128 Å². The number of hydrogen-bond acceptors (Lipinski definition) is 5. The minimum absolute atomic E-state index is 0.657. The van der Waals surface area contributed by atoms with Crippen LogP contribution in [0.5, 0.6) is 0 Å². The molecule has 21 heavy (non-hydrogen) atoms. The number of piperazine rings is 1. The van der Waals surface area contributed by atoms with Gasteiger partial charge in [-0.15, -0.1) is 0 Å². The molecule has 5 nitrogen and oxygen atoms in total. The van der Waals surface area contributed by atoms with Gasteiger partial charge in [-0.3, -0.25) is 4.90 Å². The summed E-state index contributed by atoms with van der Waals surface area (Å²) in [7, 11) is 0. The maximum absolute atomic E-state index is 5.64. The van der Waals surface area contributed by atoms with Gasteiger partial charge in [-0.25, -0.2) is 0 Å². The highest BCUT2D eigenvalue weighted by Crippen LogP contribution is 2.17. The molecule has 2 rings (SSSR count). The fraction of sp³-hybridized carbons (Fsp3) is 0.812. The first kappa shape index (κ1) is 16.3. The molecule has 1 aliphatic rings. The average molecular weight is 294 g/mol. The van der Waals surface area contributed by atoms with E-state index in [9.17, 15) is 0 Å². The molecule has 1 saturated heterocycles. The molecule has 0 aromatic carbocycles. The van der Waals surface area contributed by atoms with Gasteiger partial charge in [0.15, 0.2) is 0 Å². The molecule has 0 amide bonds. The van der Waals surface area contributed by atoms with Gasteiger partial charge in [0, 0.05) is 38.8 Å². The van der Waals surface area contributed by atoms with Crippen LogP contribution in [0.2, 0.25) is 0 Å². The van der Waals surface area contributed by atoms with Crippen LogP contribution in [-0.2, 0) is 6.54 Å². The lowest BCUT2D eigenvalue weighted by Gasteiger charge is -2.37. The highest BCUT2D eigenvalue weighted by molar-refractivity contribution is 5.28. The summed E-state index contributed by atoms with van der Waals surface area (Å²) in [5, 5.41) is 3.40. The highest BCUT2D eigenvalue weighted by Gasteiger charge is 2.22. The second-order valence-corrected chi connectivity index (χ2v) is 6.43. The van der Waals surface area contributed by atoms with E-state index in [1.807, 2.05) is 0 Å². The number of nitrogens with one attached hydrogen (secondary N) is 1. The normalized spacial score (nSPS) is 18.4. The Morgan fingerprint density at radius 3 is 2.57 bits per heavy atom. The van der Waals surface area contributed by atoms with Crippen molar-refractivity contribution < 1.29 is 4.42 Å². The van der Waals surface area contributed by atoms with E-state index in [0.29, 0.717) is 12.0 Å². The lowest BCUT2D eigenvalue weighted by Crippen LogP contribution is -2.49. The first-order valence-electron chi connectivity index (χ1n) is 8.24. The Morgan fingerprint density at radius 2 is 1.95 bits per heavy atom. The van der Waals surface area contributed by atoms with E-state index in [1.54, 1.807) is 6.26 Å². The Kier molecular flexibility index (Phi) is 6.06. The molecule has 0 radical (unpaired) electrons. The lowest BCUT2D eigenvalue weighted by atomic mass is 10.2. The Morgan fingerprint density at radius 1 is 1.24 bits per heavy atom. The molecule has 0 saturated carbocycles. The fourth-order valence-corrected chi connectivity index (χ4v) is 2.62. The molecular formula is C16H30N4O. The van der Waals surface area contributed by atoms with Crippen molar-refractivity contribution in [3.63, 3.8) is 0 Å². The van der Waals surface area contributed by atoms with Crippen LogP contribution in [0.1, 0.15) is 39.8 Å². The van der Waals surface area contributed by atoms with E-state index in [4.69, 9.17) is 4.42 Å². The van der Waals surface area contributed by atoms with Crippen molar-refractivity contribution in [3.8, 4) is 0 Å². The smallest absolute Gasteiger partial charge is 0.297 e. The lowest BCUT2D eigenvalue weighted by molar-refractivity contribution is 0.190. The molecule has 1 N–H and O–H groups in total. The number of oxazole rings is 1. The molecule has 2 heterocycles. The van der Waals surface area contributed by atoms with Gasteiger partial charge in [0.2, 0.25) is 0 Å². The van der Waals surface area contributed by atoms with Crippen LogP contribution in [0.4, 0.5) is 6.01 Å². The number of hydrogen-bond donors (Lipinski definition) is 1. The predicted octanol–water partition coefficient (Wildman–Crippen LogP) is 2.34. The third kappa shape index (κ3) is 4.71. The van der Waals surface area contributed by atoms with Crippen LogP contribution < -0.4 is 10.2 Å². The van der Waals surface area contributed by atoms with Crippen molar-refractivity contribution in [2.75, 3.05) is 37.6 Å². The standard InChI is InChI=1S/C16H30N4O/c1-5-14(4)19-6-8-20(9-7-19)16-18-15(12-21-16)11-17-10-13(2)3/h12-14,17H,5-11H2,1-4H3. The summed E-state index contributed by atoms with van der Waals surface area (Å²) in [6.07, 6.45) is 2.99. The third-order valence-corrected chi connectivity index (χ3v) is 4.20. The minimum Gasteiger partial charge on any atom is -0.432 e. The topological polar surface area (TPSA) is 44.5 Å². The number of aromatic nitrogens is 1. The third-order valence-electron chi connectivity index (χ3n) is 4.20. The number of anilines is 1. The van der Waals surface area contributed by atoms with Gasteiger partial charge < -0.3 is 14.6 Å². The summed E-state index contributed by atoms with van der Waals surface area (Å²) in [5.74, 6) is 0.657. The van der Waals surface area contributed by atoms with E-state index in [0.717, 1.165) is 51.0 Å². The SMILES string of the molecule is CCC(C)N1CCN(c2nc(CNCC(C)C)co2)CC1. The van der Waals surface area contributed by atoms with Crippen molar-refractivity contribution in [2.45, 2.75) is 46.7 Å². The molecule has 1 aromatic rings. The second-order valence-electron chi connectivity index (χ2n) is 6.43. The molecule has 1 atom stereocenters. The Bertz CT molecular complexity index is 410. The van der Waals surface area contributed by atoms with Crippen molar-refractivity contribution in [1.82, 2.24) is 15.2 Å². The van der Waals surface area contributed by atoms with Crippen LogP contribution in [0.15, 0.2) is 10.7 Å². The van der Waals surface area contributed by atoms with Crippen LogP contribution in [0, 0.1) is 5.92 Å². The van der Waals surface area contributed by atoms with Crippen molar-refractivity contribution in [3.05, 3.63) is 12.0 Å². The maximum Gasteiger partial charge on any atom is 0.297 e. The fourth-order valence-electron chi connectivity index (χ4n) is 2.62. The van der Waals surface area contributed by atoms with Gasteiger partial charge in [-0.05, 0) is 25.8 Å². The molecule has 1 aliphatic heterocycles. The quantitative estimate of drug-likeness (QED) is 0.836. The van der Waals surface area contributed by atoms with E-state index >= 15 is 0 Å². The van der Waals surface area contributed by atoms with Crippen molar-refractivity contribution >= 4 is 6.01 Å². The summed E-state index contributed by atoms with van der Waals surface area (Å²) in [6, 6.07) is 1.45. The number of nitrogens with zero attached hydrogens (tertiary/aromatic N) is 3. The summed E-state index contributed by atoms with van der Waals surface area (Å²) in [4.78, 5) is 9.40. The molecule has 5 heteroatoms. The molecule has 1 unspecified atom stereocenters. The van der Waals surface area contributed by atoms with Crippen LogP contribution in [0.25, 0.3) is 0 Å². The zero-order valence-corrected chi connectivity index (χ0v) is 13.9. The predicted molar refractivity (Wildman–Crippen MR) is 86.6 cm³/mol. The first-order valence-corrected chi connectivity index (χ1v) is 8.24. The Hall–Kier alpha value is -1.07. The Balaban J connectivity index is 1.80. The van der Waals surface area contributed by atoms with Gasteiger partial charge in [-0.2, -0.15) is 4.98 Å². The average Bonchev–Trinajstić information content (AvgIpc) is 2.95. The van der Waals surface area contributed by atoms with E-state index < -0.39 is 0 Å². The summed E-state index contributed by atoms with van der Waals surface area (Å²) < 4.78 is 5.64. The summed E-state index contributed by atoms with van der Waals surface area (Å²) in [6.45, 7) is 15.0. The largest absolute Gasteiger partial charge is 0.432 e. The van der Waals surface area contributed by atoms with Gasteiger partial charge >= 0.3 is 0 Å². The van der Waals surface area contributed by atoms with Gasteiger partial charge in [0.05, 0.1) is 5.69 Å². The van der Waals surface area contributed by atoms with E-state index in [-0.39, 0.29) is 0 Å². The van der Waals surface area contributed by atoms with Crippen LogP contribution in [-0.4, -0.2) is 48.6 Å². The van der Waals surface area contributed by atoms with Gasteiger partial charge in [0.1, 0.15) is 6.26 Å². The van der Waals surface area contributed by atoms with Crippen LogP contribution >= 0.6 is 0 Å². The molecule has 0 spiro atoms. The van der Waals surface area contributed by atoms with Crippen molar-refractivity contribution in [2.24, 2.45) is 5.92 Å². The molecule has 0 aliphatic carbocycles. The maximum atomic E-state index is 5.64. The molecule has 1 aromatic heterocycles. The van der Waals surface area contributed by atoms with Gasteiger partial charge in [0.25, 0.3) is 6.01 Å². The van der Waals surface area contributed by atoms with Crippen molar-refractivity contribution in [1.29, 1.82) is 0 Å². The molecular weight excluding hydrogens is 264 g/mol. The highest BCUT2D eigenvalue weighted by atomic mass is 16.4. The zero-order valence-electron chi connectivity index (χ0n) is 13.9. The zero-order chi connectivity index (χ0) is 15.2.